The standard InChI is InChI=1S/C27H36N4O3/c1-19(2)26(33)30(16-13-21-7-5-4-6-8-21)23-17-24(25(32)29-15-14-28)31(18-23)27(34)22-11-9-20(3)10-12-22/h4-12,19,23-24H,13-18,28H2,1-3H3,(H,29,32). The van der Waals surface area contributed by atoms with E-state index in [0.29, 0.717) is 44.6 Å². The molecule has 7 nitrogen and oxygen atoms in total. The molecule has 0 saturated carbocycles. The monoisotopic (exact) mass is 464 g/mol. The highest BCUT2D eigenvalue weighted by Gasteiger charge is 2.43. The fraction of sp³-hybridized carbons (Fsp3) is 0.444. The number of hydrogen-bond acceptors (Lipinski definition) is 4. The fourth-order valence-electron chi connectivity index (χ4n) is 4.39. The smallest absolute Gasteiger partial charge is 0.254 e. The molecule has 1 aliphatic rings. The van der Waals surface area contributed by atoms with Crippen LogP contribution in [0.4, 0.5) is 0 Å². The molecule has 182 valence electrons. The summed E-state index contributed by atoms with van der Waals surface area (Å²) in [6, 6.07) is 16.5. The van der Waals surface area contributed by atoms with Gasteiger partial charge in [-0.25, -0.2) is 0 Å². The van der Waals surface area contributed by atoms with Gasteiger partial charge in [0.2, 0.25) is 11.8 Å². The van der Waals surface area contributed by atoms with Crippen molar-refractivity contribution in [1.29, 1.82) is 0 Å². The van der Waals surface area contributed by atoms with Crippen LogP contribution in [0.1, 0.15) is 41.8 Å². The van der Waals surface area contributed by atoms with Crippen molar-refractivity contribution in [3.63, 3.8) is 0 Å². The third kappa shape index (κ3) is 6.23. The van der Waals surface area contributed by atoms with Crippen LogP contribution < -0.4 is 11.1 Å². The molecule has 0 radical (unpaired) electrons. The maximum Gasteiger partial charge on any atom is 0.254 e. The minimum atomic E-state index is -0.649. The average Bonchev–Trinajstić information content (AvgIpc) is 3.28. The van der Waals surface area contributed by atoms with Crippen LogP contribution in [0.15, 0.2) is 54.6 Å². The summed E-state index contributed by atoms with van der Waals surface area (Å²) < 4.78 is 0. The molecule has 3 amide bonds. The fourth-order valence-corrected chi connectivity index (χ4v) is 4.39. The first kappa shape index (κ1) is 25.4. The van der Waals surface area contributed by atoms with Gasteiger partial charge in [-0.1, -0.05) is 61.9 Å². The number of carbonyl (C=O) groups excluding carboxylic acids is 3. The number of benzene rings is 2. The van der Waals surface area contributed by atoms with E-state index in [2.05, 4.69) is 5.32 Å². The molecule has 0 bridgehead atoms. The van der Waals surface area contributed by atoms with Crippen molar-refractivity contribution in [2.24, 2.45) is 11.7 Å². The van der Waals surface area contributed by atoms with Crippen LogP contribution in [0.3, 0.4) is 0 Å². The van der Waals surface area contributed by atoms with Gasteiger partial charge in [0.1, 0.15) is 6.04 Å². The van der Waals surface area contributed by atoms with Gasteiger partial charge >= 0.3 is 0 Å². The molecule has 2 aromatic rings. The van der Waals surface area contributed by atoms with Crippen LogP contribution in [0, 0.1) is 12.8 Å². The van der Waals surface area contributed by atoms with Gasteiger partial charge in [0.25, 0.3) is 5.91 Å². The highest BCUT2D eigenvalue weighted by molar-refractivity contribution is 5.98. The second-order valence-electron chi connectivity index (χ2n) is 9.23. The lowest BCUT2D eigenvalue weighted by atomic mass is 10.1. The molecule has 7 heteroatoms. The molecular weight excluding hydrogens is 428 g/mol. The van der Waals surface area contributed by atoms with E-state index in [1.54, 1.807) is 17.0 Å². The van der Waals surface area contributed by atoms with Crippen molar-refractivity contribution < 1.29 is 14.4 Å². The second kappa shape index (κ2) is 11.8. The van der Waals surface area contributed by atoms with E-state index < -0.39 is 6.04 Å². The lowest BCUT2D eigenvalue weighted by Gasteiger charge is -2.31. The van der Waals surface area contributed by atoms with E-state index in [0.717, 1.165) is 11.1 Å². The molecule has 1 heterocycles. The van der Waals surface area contributed by atoms with Gasteiger partial charge in [-0.2, -0.15) is 0 Å². The minimum Gasteiger partial charge on any atom is -0.353 e. The average molecular weight is 465 g/mol. The van der Waals surface area contributed by atoms with Gasteiger partial charge in [-0.05, 0) is 37.5 Å². The highest BCUT2D eigenvalue weighted by atomic mass is 16.2. The van der Waals surface area contributed by atoms with Crippen molar-refractivity contribution in [1.82, 2.24) is 15.1 Å². The Morgan fingerprint density at radius 3 is 2.38 bits per heavy atom. The van der Waals surface area contributed by atoms with Crippen LogP contribution in [0.25, 0.3) is 0 Å². The Labute approximate surface area is 202 Å². The number of nitrogens with one attached hydrogen (secondary N) is 1. The van der Waals surface area contributed by atoms with E-state index >= 15 is 0 Å². The summed E-state index contributed by atoms with van der Waals surface area (Å²) in [5.74, 6) is -0.572. The predicted molar refractivity (Wildman–Crippen MR) is 133 cm³/mol. The van der Waals surface area contributed by atoms with Gasteiger partial charge in [-0.15, -0.1) is 0 Å². The number of nitrogens with two attached hydrogens (primary N) is 1. The highest BCUT2D eigenvalue weighted by Crippen LogP contribution is 2.26. The Morgan fingerprint density at radius 1 is 1.09 bits per heavy atom. The quantitative estimate of drug-likeness (QED) is 0.596. The maximum atomic E-state index is 13.4. The number of rotatable bonds is 9. The van der Waals surface area contributed by atoms with Crippen molar-refractivity contribution in [3.8, 4) is 0 Å². The summed E-state index contributed by atoms with van der Waals surface area (Å²) in [5, 5.41) is 2.83. The first-order valence-corrected chi connectivity index (χ1v) is 12.0. The lowest BCUT2D eigenvalue weighted by molar-refractivity contribution is -0.136. The second-order valence-corrected chi connectivity index (χ2v) is 9.23. The zero-order valence-corrected chi connectivity index (χ0v) is 20.4. The molecule has 1 saturated heterocycles. The Kier molecular flexibility index (Phi) is 8.82. The summed E-state index contributed by atoms with van der Waals surface area (Å²) >= 11 is 0. The minimum absolute atomic E-state index is 0.0340. The number of aryl methyl sites for hydroxylation is 1. The molecule has 0 aromatic heterocycles. The van der Waals surface area contributed by atoms with E-state index in [-0.39, 0.29) is 29.7 Å². The number of amides is 3. The zero-order valence-electron chi connectivity index (χ0n) is 20.4. The molecule has 0 spiro atoms. The third-order valence-electron chi connectivity index (χ3n) is 6.29. The molecule has 1 fully saturated rings. The molecule has 1 aliphatic heterocycles. The Balaban J connectivity index is 1.85. The van der Waals surface area contributed by atoms with Crippen LogP contribution >= 0.6 is 0 Å². The predicted octanol–water partition coefficient (Wildman–Crippen LogP) is 2.38. The summed E-state index contributed by atoms with van der Waals surface area (Å²) in [7, 11) is 0. The molecule has 3 N–H and O–H groups in total. The normalized spacial score (nSPS) is 17.6. The molecular formula is C27H36N4O3. The SMILES string of the molecule is Cc1ccc(C(=O)N2CC(N(CCc3ccccc3)C(=O)C(C)C)CC2C(=O)NCCN)cc1. The molecule has 0 aliphatic carbocycles. The number of carbonyl (C=O) groups is 3. The molecule has 34 heavy (non-hydrogen) atoms. The van der Waals surface area contributed by atoms with Gasteiger partial charge in [0, 0.05) is 37.7 Å². The third-order valence-corrected chi connectivity index (χ3v) is 6.29. The lowest BCUT2D eigenvalue weighted by Crippen LogP contribution is -2.47. The number of hydrogen-bond donors (Lipinski definition) is 2. The zero-order chi connectivity index (χ0) is 24.7. The van der Waals surface area contributed by atoms with Gasteiger partial charge in [0.05, 0.1) is 6.04 Å². The largest absolute Gasteiger partial charge is 0.353 e. The maximum absolute atomic E-state index is 13.4. The van der Waals surface area contributed by atoms with Crippen LogP contribution in [0.5, 0.6) is 0 Å². The van der Waals surface area contributed by atoms with Crippen molar-refractivity contribution in [2.45, 2.75) is 45.7 Å². The molecule has 2 aromatic carbocycles. The van der Waals surface area contributed by atoms with Crippen molar-refractivity contribution >= 4 is 17.7 Å². The van der Waals surface area contributed by atoms with Crippen LogP contribution in [-0.2, 0) is 16.0 Å². The molecule has 3 rings (SSSR count). The summed E-state index contributed by atoms with van der Waals surface area (Å²) in [5.41, 5.74) is 8.31. The first-order chi connectivity index (χ1) is 16.3. The molecule has 2 atom stereocenters. The van der Waals surface area contributed by atoms with Gasteiger partial charge in [0.15, 0.2) is 0 Å². The number of nitrogens with zero attached hydrogens (tertiary/aromatic N) is 2. The van der Waals surface area contributed by atoms with E-state index in [9.17, 15) is 14.4 Å². The van der Waals surface area contributed by atoms with Crippen molar-refractivity contribution in [2.75, 3.05) is 26.2 Å². The summed E-state index contributed by atoms with van der Waals surface area (Å²) in [6.45, 7) is 7.25. The van der Waals surface area contributed by atoms with Crippen LogP contribution in [-0.4, -0.2) is 65.8 Å². The van der Waals surface area contributed by atoms with E-state index in [1.807, 2.05) is 68.1 Å². The Bertz CT molecular complexity index is 975. The van der Waals surface area contributed by atoms with E-state index in [1.165, 1.54) is 0 Å². The van der Waals surface area contributed by atoms with Crippen LogP contribution in [0.2, 0.25) is 0 Å². The van der Waals surface area contributed by atoms with Gasteiger partial charge in [-0.3, -0.25) is 14.4 Å². The summed E-state index contributed by atoms with van der Waals surface area (Å²) in [6.07, 6.45) is 1.12. The number of likely N-dealkylation sites (tertiary alicyclic amines) is 1. The topological polar surface area (TPSA) is 95.7 Å². The molecule has 2 unspecified atom stereocenters. The summed E-state index contributed by atoms with van der Waals surface area (Å²) in [4.78, 5) is 43.1. The van der Waals surface area contributed by atoms with Crippen molar-refractivity contribution in [3.05, 3.63) is 71.3 Å². The van der Waals surface area contributed by atoms with Gasteiger partial charge < -0.3 is 20.9 Å². The first-order valence-electron chi connectivity index (χ1n) is 12.0. The Morgan fingerprint density at radius 2 is 1.76 bits per heavy atom. The Hall–Kier alpha value is -3.19. The van der Waals surface area contributed by atoms with E-state index in [4.69, 9.17) is 5.73 Å².